The molecule has 0 saturated carbocycles. The van der Waals surface area contributed by atoms with E-state index in [1.807, 2.05) is 6.07 Å². The highest BCUT2D eigenvalue weighted by atomic mass is 35.5. The van der Waals surface area contributed by atoms with Crippen LogP contribution in [0, 0.1) is 0 Å². The third-order valence-electron chi connectivity index (χ3n) is 4.15. The van der Waals surface area contributed by atoms with Crippen LogP contribution in [-0.4, -0.2) is 44.3 Å². The zero-order valence-electron chi connectivity index (χ0n) is 12.6. The first-order chi connectivity index (χ1) is 10.3. The van der Waals surface area contributed by atoms with Gasteiger partial charge in [0.1, 0.15) is 0 Å². The number of piperazine rings is 1. The van der Waals surface area contributed by atoms with Crippen molar-refractivity contribution in [2.24, 2.45) is 0 Å². The highest BCUT2D eigenvalue weighted by molar-refractivity contribution is 6.31. The topological polar surface area (TPSA) is 33.7 Å². The van der Waals surface area contributed by atoms with Crippen LogP contribution in [-0.2, 0) is 13.0 Å². The highest BCUT2D eigenvalue weighted by Gasteiger charge is 2.22. The molecule has 0 atom stereocenters. The Kier molecular flexibility index (Phi) is 4.88. The summed E-state index contributed by atoms with van der Waals surface area (Å²) in [5.41, 5.74) is 2.41. The summed E-state index contributed by atoms with van der Waals surface area (Å²) >= 11 is 6.54. The molecule has 3 rings (SSSR count). The van der Waals surface area contributed by atoms with E-state index in [0.29, 0.717) is 13.2 Å². The predicted octanol–water partition coefficient (Wildman–Crippen LogP) is 2.47. The number of rotatable bonds is 3. The molecule has 0 amide bonds. The summed E-state index contributed by atoms with van der Waals surface area (Å²) in [4.78, 5) is 2.45. The predicted molar refractivity (Wildman–Crippen MR) is 84.6 cm³/mol. The molecule has 2 aliphatic heterocycles. The molecule has 0 bridgehead atoms. The Balaban J connectivity index is 1.92. The molecule has 5 heteroatoms. The second-order valence-electron chi connectivity index (χ2n) is 5.57. The number of ether oxygens (including phenoxy) is 2. The normalized spacial score (nSPS) is 19.3. The molecule has 4 nitrogen and oxygen atoms in total. The summed E-state index contributed by atoms with van der Waals surface area (Å²) < 4.78 is 11.7. The summed E-state index contributed by atoms with van der Waals surface area (Å²) in [7, 11) is 0. The smallest absolute Gasteiger partial charge is 0.164 e. The van der Waals surface area contributed by atoms with Gasteiger partial charge in [-0.05, 0) is 12.0 Å². The van der Waals surface area contributed by atoms with Gasteiger partial charge in [0.15, 0.2) is 11.5 Å². The van der Waals surface area contributed by atoms with E-state index < -0.39 is 0 Å². The Morgan fingerprint density at radius 1 is 1.19 bits per heavy atom. The molecular formula is C16H23ClN2O2. The van der Waals surface area contributed by atoms with Crippen molar-refractivity contribution in [2.45, 2.75) is 26.3 Å². The van der Waals surface area contributed by atoms with Gasteiger partial charge in [-0.25, -0.2) is 0 Å². The lowest BCUT2D eigenvalue weighted by atomic mass is 10.0. The van der Waals surface area contributed by atoms with Gasteiger partial charge in [0.25, 0.3) is 0 Å². The molecule has 0 aromatic heterocycles. The van der Waals surface area contributed by atoms with Gasteiger partial charge in [0, 0.05) is 55.8 Å². The Hall–Kier alpha value is -0.970. The van der Waals surface area contributed by atoms with Gasteiger partial charge in [-0.2, -0.15) is 0 Å². The molecule has 21 heavy (non-hydrogen) atoms. The van der Waals surface area contributed by atoms with Gasteiger partial charge in [-0.3, -0.25) is 4.90 Å². The Morgan fingerprint density at radius 3 is 2.71 bits per heavy atom. The fourth-order valence-electron chi connectivity index (χ4n) is 3.02. The number of hydrogen-bond donors (Lipinski definition) is 1. The van der Waals surface area contributed by atoms with Crippen LogP contribution >= 0.6 is 11.6 Å². The second kappa shape index (κ2) is 6.86. The van der Waals surface area contributed by atoms with Crippen LogP contribution in [0.5, 0.6) is 11.5 Å². The van der Waals surface area contributed by atoms with Gasteiger partial charge in [-0.15, -0.1) is 0 Å². The van der Waals surface area contributed by atoms with Crippen molar-refractivity contribution in [3.8, 4) is 11.5 Å². The van der Waals surface area contributed by atoms with Crippen LogP contribution < -0.4 is 14.8 Å². The van der Waals surface area contributed by atoms with Gasteiger partial charge >= 0.3 is 0 Å². The Labute approximate surface area is 131 Å². The van der Waals surface area contributed by atoms with Crippen molar-refractivity contribution in [1.82, 2.24) is 10.2 Å². The summed E-state index contributed by atoms with van der Waals surface area (Å²) in [6.45, 7) is 8.68. The molecule has 0 spiro atoms. The molecular weight excluding hydrogens is 288 g/mol. The van der Waals surface area contributed by atoms with Crippen molar-refractivity contribution in [3.05, 3.63) is 22.2 Å². The molecule has 1 N–H and O–H groups in total. The average Bonchev–Trinajstić information content (AvgIpc) is 2.74. The van der Waals surface area contributed by atoms with E-state index >= 15 is 0 Å². The van der Waals surface area contributed by atoms with E-state index in [0.717, 1.165) is 62.1 Å². The van der Waals surface area contributed by atoms with E-state index in [1.54, 1.807) is 0 Å². The number of nitrogens with zero attached hydrogens (tertiary/aromatic N) is 1. The molecule has 1 fully saturated rings. The maximum Gasteiger partial charge on any atom is 0.164 e. The summed E-state index contributed by atoms with van der Waals surface area (Å²) in [6, 6.07) is 1.93. The van der Waals surface area contributed by atoms with Crippen molar-refractivity contribution in [2.75, 3.05) is 39.4 Å². The minimum Gasteiger partial charge on any atom is -0.489 e. The molecule has 2 heterocycles. The van der Waals surface area contributed by atoms with Crippen molar-refractivity contribution < 1.29 is 9.47 Å². The molecule has 2 aliphatic rings. The first-order valence-electron chi connectivity index (χ1n) is 7.82. The SMILES string of the molecule is CCc1c(CN2CCNCC2)c(Cl)cc2c1OCCCO2. The summed E-state index contributed by atoms with van der Waals surface area (Å²) in [6.07, 6.45) is 1.83. The van der Waals surface area contributed by atoms with E-state index in [-0.39, 0.29) is 0 Å². The van der Waals surface area contributed by atoms with Crippen LogP contribution in [0.2, 0.25) is 5.02 Å². The van der Waals surface area contributed by atoms with Crippen molar-refractivity contribution in [3.63, 3.8) is 0 Å². The third kappa shape index (κ3) is 3.28. The van der Waals surface area contributed by atoms with Crippen molar-refractivity contribution >= 4 is 11.6 Å². The number of fused-ring (bicyclic) bond motifs is 1. The number of hydrogen-bond acceptors (Lipinski definition) is 4. The first-order valence-corrected chi connectivity index (χ1v) is 8.20. The number of benzene rings is 1. The van der Waals surface area contributed by atoms with E-state index in [4.69, 9.17) is 21.1 Å². The molecule has 1 aromatic carbocycles. The summed E-state index contributed by atoms with van der Waals surface area (Å²) in [5.74, 6) is 1.71. The maximum absolute atomic E-state index is 6.54. The number of halogens is 1. The van der Waals surface area contributed by atoms with Crippen LogP contribution in [0.15, 0.2) is 6.07 Å². The minimum absolute atomic E-state index is 0.698. The zero-order valence-corrected chi connectivity index (χ0v) is 13.3. The van der Waals surface area contributed by atoms with E-state index in [2.05, 4.69) is 17.1 Å². The molecule has 116 valence electrons. The van der Waals surface area contributed by atoms with Gasteiger partial charge < -0.3 is 14.8 Å². The molecule has 0 unspecified atom stereocenters. The monoisotopic (exact) mass is 310 g/mol. The first kappa shape index (κ1) is 14.9. The lowest BCUT2D eigenvalue weighted by Gasteiger charge is -2.29. The van der Waals surface area contributed by atoms with Gasteiger partial charge in [-0.1, -0.05) is 18.5 Å². The second-order valence-corrected chi connectivity index (χ2v) is 5.98. The van der Waals surface area contributed by atoms with Gasteiger partial charge in [0.2, 0.25) is 0 Å². The van der Waals surface area contributed by atoms with Crippen molar-refractivity contribution in [1.29, 1.82) is 0 Å². The van der Waals surface area contributed by atoms with Gasteiger partial charge in [0.05, 0.1) is 13.2 Å². The molecule has 0 radical (unpaired) electrons. The van der Waals surface area contributed by atoms with Crippen LogP contribution in [0.1, 0.15) is 24.5 Å². The summed E-state index contributed by atoms with van der Waals surface area (Å²) in [5, 5.41) is 4.18. The fraction of sp³-hybridized carbons (Fsp3) is 0.625. The zero-order chi connectivity index (χ0) is 14.7. The molecule has 1 aromatic rings. The maximum atomic E-state index is 6.54. The number of nitrogens with one attached hydrogen (secondary N) is 1. The largest absolute Gasteiger partial charge is 0.489 e. The Morgan fingerprint density at radius 2 is 1.95 bits per heavy atom. The fourth-order valence-corrected chi connectivity index (χ4v) is 3.29. The highest BCUT2D eigenvalue weighted by Crippen LogP contribution is 2.40. The van der Waals surface area contributed by atoms with Crippen LogP contribution in [0.25, 0.3) is 0 Å². The van der Waals surface area contributed by atoms with Crippen LogP contribution in [0.3, 0.4) is 0 Å². The molecule has 1 saturated heterocycles. The quantitative estimate of drug-likeness (QED) is 0.930. The van der Waals surface area contributed by atoms with E-state index in [1.165, 1.54) is 11.1 Å². The lowest BCUT2D eigenvalue weighted by molar-refractivity contribution is 0.232. The van der Waals surface area contributed by atoms with Crippen LogP contribution in [0.4, 0.5) is 0 Å². The minimum atomic E-state index is 0.698. The standard InChI is InChI=1S/C16H23ClN2O2/c1-2-12-13(11-19-6-4-18-5-7-19)14(17)10-15-16(12)21-9-3-8-20-15/h10,18H,2-9,11H2,1H3. The average molecular weight is 311 g/mol. The van der Waals surface area contributed by atoms with E-state index in [9.17, 15) is 0 Å². The third-order valence-corrected chi connectivity index (χ3v) is 4.48. The Bertz CT molecular complexity index is 502. The molecule has 0 aliphatic carbocycles. The lowest BCUT2D eigenvalue weighted by Crippen LogP contribution is -2.43.